The summed E-state index contributed by atoms with van der Waals surface area (Å²) in [6.07, 6.45) is 9.85. The third kappa shape index (κ3) is 1.90. The fourth-order valence-corrected chi connectivity index (χ4v) is 4.24. The second kappa shape index (κ2) is 4.12. The quantitative estimate of drug-likeness (QED) is 0.516. The van der Waals surface area contributed by atoms with Crippen molar-refractivity contribution < 1.29 is 4.79 Å². The molecule has 1 fully saturated rings. The first-order valence-electron chi connectivity index (χ1n) is 6.71. The first-order valence-corrected chi connectivity index (χ1v) is 6.71. The molecule has 2 aliphatic rings. The zero-order valence-corrected chi connectivity index (χ0v) is 11.3. The Morgan fingerprint density at radius 1 is 1.47 bits per heavy atom. The van der Waals surface area contributed by atoms with Gasteiger partial charge in [0, 0.05) is 6.42 Å². The third-order valence-corrected chi connectivity index (χ3v) is 5.14. The van der Waals surface area contributed by atoms with E-state index >= 15 is 0 Å². The lowest BCUT2D eigenvalue weighted by Crippen LogP contribution is -2.47. The van der Waals surface area contributed by atoms with Crippen LogP contribution >= 0.6 is 0 Å². The number of allylic oxidation sites excluding steroid dienone is 3. The van der Waals surface area contributed by atoms with Crippen LogP contribution in [0.2, 0.25) is 0 Å². The summed E-state index contributed by atoms with van der Waals surface area (Å²) in [4.78, 5) is 10.9. The van der Waals surface area contributed by atoms with Crippen molar-refractivity contribution >= 4 is 6.29 Å². The van der Waals surface area contributed by atoms with Crippen LogP contribution < -0.4 is 0 Å². The van der Waals surface area contributed by atoms with Crippen molar-refractivity contribution in [2.24, 2.45) is 22.7 Å². The average molecular weight is 232 g/mol. The number of hydrogen-bond donors (Lipinski definition) is 0. The van der Waals surface area contributed by atoms with Crippen LogP contribution in [0.25, 0.3) is 0 Å². The first kappa shape index (κ1) is 12.6. The maximum absolute atomic E-state index is 10.9. The van der Waals surface area contributed by atoms with Crippen molar-refractivity contribution in [3.63, 3.8) is 0 Å². The van der Waals surface area contributed by atoms with E-state index in [-0.39, 0.29) is 5.41 Å². The van der Waals surface area contributed by atoms with E-state index in [0.717, 1.165) is 19.1 Å². The van der Waals surface area contributed by atoms with Crippen molar-refractivity contribution in [2.75, 3.05) is 0 Å². The number of carbonyl (C=O) groups excluding carboxylic acids is 1. The van der Waals surface area contributed by atoms with Crippen molar-refractivity contribution in [1.29, 1.82) is 0 Å². The van der Waals surface area contributed by atoms with E-state index < -0.39 is 0 Å². The molecule has 17 heavy (non-hydrogen) atoms. The Bertz CT molecular complexity index is 364. The molecule has 0 saturated heterocycles. The summed E-state index contributed by atoms with van der Waals surface area (Å²) in [5, 5.41) is 0. The number of fused-ring (bicyclic) bond motifs is 1. The Hall–Kier alpha value is -0.850. The topological polar surface area (TPSA) is 17.1 Å². The van der Waals surface area contributed by atoms with Gasteiger partial charge < -0.3 is 4.79 Å². The summed E-state index contributed by atoms with van der Waals surface area (Å²) < 4.78 is 0. The predicted octanol–water partition coefficient (Wildman–Crippen LogP) is 4.15. The number of carbonyl (C=O) groups is 1. The van der Waals surface area contributed by atoms with Gasteiger partial charge in [-0.25, -0.2) is 0 Å². The van der Waals surface area contributed by atoms with Gasteiger partial charge >= 0.3 is 0 Å². The Labute approximate surface area is 105 Å². The van der Waals surface area contributed by atoms with Gasteiger partial charge in [0.15, 0.2) is 0 Å². The molecular formula is C16H24O. The molecule has 0 amide bonds. The average Bonchev–Trinajstić information content (AvgIpc) is 2.22. The molecule has 2 aliphatic carbocycles. The minimum atomic E-state index is 0.137. The highest BCUT2D eigenvalue weighted by molar-refractivity contribution is 5.51. The van der Waals surface area contributed by atoms with Crippen molar-refractivity contribution in [1.82, 2.24) is 0 Å². The molecule has 0 aromatic carbocycles. The molecule has 0 N–H and O–H groups in total. The van der Waals surface area contributed by atoms with E-state index in [1.807, 2.05) is 0 Å². The molecule has 0 bridgehead atoms. The Balaban J connectivity index is 2.41. The summed E-state index contributed by atoms with van der Waals surface area (Å²) in [5.41, 5.74) is 1.77. The molecule has 3 atom stereocenters. The number of rotatable bonds is 2. The van der Waals surface area contributed by atoms with Gasteiger partial charge in [-0.3, -0.25) is 0 Å². The molecule has 1 saturated carbocycles. The summed E-state index contributed by atoms with van der Waals surface area (Å²) in [5.74, 6) is 1.02. The monoisotopic (exact) mass is 232 g/mol. The zero-order chi connectivity index (χ0) is 12.7. The molecule has 0 spiro atoms. The number of aldehydes is 1. The normalized spacial score (nSPS) is 39.8. The van der Waals surface area contributed by atoms with Gasteiger partial charge in [0.2, 0.25) is 0 Å². The Kier molecular flexibility index (Phi) is 3.05. The van der Waals surface area contributed by atoms with Gasteiger partial charge in [0.05, 0.1) is 0 Å². The molecule has 2 rings (SSSR count). The molecule has 94 valence electrons. The summed E-state index contributed by atoms with van der Waals surface area (Å²) in [6.45, 7) is 11.3. The predicted molar refractivity (Wildman–Crippen MR) is 71.7 cm³/mol. The maximum Gasteiger partial charge on any atom is 0.120 e. The van der Waals surface area contributed by atoms with Gasteiger partial charge in [-0.15, -0.1) is 0 Å². The zero-order valence-electron chi connectivity index (χ0n) is 11.3. The minimum absolute atomic E-state index is 0.137. The SMILES string of the molecule is C=C1CCC2C(C)(C)CC=CC2(C)C1CC=O. The molecule has 0 heterocycles. The van der Waals surface area contributed by atoms with Gasteiger partial charge in [0.25, 0.3) is 0 Å². The molecule has 0 radical (unpaired) electrons. The van der Waals surface area contributed by atoms with E-state index in [9.17, 15) is 4.79 Å². The van der Waals surface area contributed by atoms with Crippen LogP contribution in [0.15, 0.2) is 24.3 Å². The summed E-state index contributed by atoms with van der Waals surface area (Å²) in [6, 6.07) is 0. The van der Waals surface area contributed by atoms with Gasteiger partial charge in [-0.2, -0.15) is 0 Å². The molecule has 1 nitrogen and oxygen atoms in total. The number of hydrogen-bond acceptors (Lipinski definition) is 1. The largest absolute Gasteiger partial charge is 0.303 e. The van der Waals surface area contributed by atoms with Crippen LogP contribution in [0.4, 0.5) is 0 Å². The van der Waals surface area contributed by atoms with Crippen LogP contribution in [0, 0.1) is 22.7 Å². The molecule has 0 aromatic heterocycles. The van der Waals surface area contributed by atoms with E-state index in [4.69, 9.17) is 0 Å². The van der Waals surface area contributed by atoms with Crippen LogP contribution in [-0.4, -0.2) is 6.29 Å². The van der Waals surface area contributed by atoms with Crippen molar-refractivity contribution in [2.45, 2.75) is 46.5 Å². The molecule has 3 unspecified atom stereocenters. The van der Waals surface area contributed by atoms with E-state index in [1.165, 1.54) is 12.0 Å². The molecular weight excluding hydrogens is 208 g/mol. The van der Waals surface area contributed by atoms with Crippen LogP contribution in [0.5, 0.6) is 0 Å². The lowest BCUT2D eigenvalue weighted by molar-refractivity contribution is -0.110. The van der Waals surface area contributed by atoms with Crippen LogP contribution in [-0.2, 0) is 4.79 Å². The molecule has 0 aromatic rings. The highest BCUT2D eigenvalue weighted by Crippen LogP contribution is 2.58. The van der Waals surface area contributed by atoms with E-state index in [2.05, 4.69) is 39.5 Å². The minimum Gasteiger partial charge on any atom is -0.303 e. The van der Waals surface area contributed by atoms with Crippen LogP contribution in [0.1, 0.15) is 46.5 Å². The molecule has 0 aliphatic heterocycles. The van der Waals surface area contributed by atoms with E-state index in [1.54, 1.807) is 0 Å². The lowest BCUT2D eigenvalue weighted by Gasteiger charge is -2.55. The molecule has 1 heteroatoms. The standard InChI is InChI=1S/C16H24O/c1-12-6-7-14-15(2,3)9-5-10-16(14,4)13(12)8-11-17/h5,10-11,13-14H,1,6-9H2,2-4H3. The third-order valence-electron chi connectivity index (χ3n) is 5.14. The fraction of sp³-hybridized carbons (Fsp3) is 0.688. The van der Waals surface area contributed by atoms with E-state index in [0.29, 0.717) is 23.7 Å². The van der Waals surface area contributed by atoms with Crippen molar-refractivity contribution in [3.8, 4) is 0 Å². The highest BCUT2D eigenvalue weighted by Gasteiger charge is 2.50. The maximum atomic E-state index is 10.9. The van der Waals surface area contributed by atoms with Gasteiger partial charge in [0.1, 0.15) is 6.29 Å². The van der Waals surface area contributed by atoms with Gasteiger partial charge in [-0.1, -0.05) is 45.1 Å². The fourth-order valence-electron chi connectivity index (χ4n) is 4.24. The lowest BCUT2D eigenvalue weighted by atomic mass is 9.49. The Morgan fingerprint density at radius 3 is 2.82 bits per heavy atom. The first-order chi connectivity index (χ1) is 7.92. The Morgan fingerprint density at radius 2 is 2.18 bits per heavy atom. The smallest absolute Gasteiger partial charge is 0.120 e. The second-order valence-electron chi connectivity index (χ2n) is 6.67. The van der Waals surface area contributed by atoms with Gasteiger partial charge in [-0.05, 0) is 41.9 Å². The van der Waals surface area contributed by atoms with Crippen LogP contribution in [0.3, 0.4) is 0 Å². The summed E-state index contributed by atoms with van der Waals surface area (Å²) >= 11 is 0. The highest BCUT2D eigenvalue weighted by atomic mass is 16.1. The second-order valence-corrected chi connectivity index (χ2v) is 6.67. The van der Waals surface area contributed by atoms with Crippen molar-refractivity contribution in [3.05, 3.63) is 24.3 Å². The summed E-state index contributed by atoms with van der Waals surface area (Å²) in [7, 11) is 0.